The van der Waals surface area contributed by atoms with Crippen LogP contribution in [0.4, 0.5) is 0 Å². The van der Waals surface area contributed by atoms with Gasteiger partial charge in [-0.2, -0.15) is 0 Å². The van der Waals surface area contributed by atoms with Gasteiger partial charge in [-0.15, -0.1) is 23.2 Å². The van der Waals surface area contributed by atoms with Crippen molar-refractivity contribution >= 4 is 33.2 Å². The molecule has 0 spiro atoms. The SMILES string of the molecule is CN1CC2C(Cl)CC(Cl)CC2C(C2CCC(S(=O)(=O)NCCOCCOCCOCCN)CC2)C1. The van der Waals surface area contributed by atoms with E-state index in [2.05, 4.69) is 16.7 Å². The van der Waals surface area contributed by atoms with Gasteiger partial charge in [-0.25, -0.2) is 13.1 Å². The van der Waals surface area contributed by atoms with Crippen molar-refractivity contribution in [2.75, 3.05) is 72.9 Å². The Hall–Kier alpha value is 0.290. The van der Waals surface area contributed by atoms with Crippen LogP contribution in [0.3, 0.4) is 0 Å². The zero-order chi connectivity index (χ0) is 25.3. The van der Waals surface area contributed by atoms with Crippen LogP contribution in [0.15, 0.2) is 0 Å². The molecule has 3 rings (SSSR count). The second kappa shape index (κ2) is 15.0. The summed E-state index contributed by atoms with van der Waals surface area (Å²) in [5.74, 6) is 2.15. The van der Waals surface area contributed by atoms with E-state index in [1.807, 2.05) is 0 Å². The number of ether oxygens (including phenoxy) is 3. The van der Waals surface area contributed by atoms with Gasteiger partial charge in [0.25, 0.3) is 0 Å². The van der Waals surface area contributed by atoms with Gasteiger partial charge in [0.05, 0.1) is 44.9 Å². The lowest BCUT2D eigenvalue weighted by molar-refractivity contribution is 0.0108. The largest absolute Gasteiger partial charge is 0.378 e. The summed E-state index contributed by atoms with van der Waals surface area (Å²) in [4.78, 5) is 2.42. The molecule has 0 aromatic heterocycles. The first kappa shape index (κ1) is 29.8. The number of rotatable bonds is 14. The molecule has 2 aliphatic carbocycles. The predicted molar refractivity (Wildman–Crippen MR) is 141 cm³/mol. The zero-order valence-electron chi connectivity index (χ0n) is 21.1. The number of halogens is 2. The summed E-state index contributed by atoms with van der Waals surface area (Å²) in [6.45, 7) is 5.65. The molecule has 3 aliphatic rings. The maximum atomic E-state index is 12.8. The third-order valence-electron chi connectivity index (χ3n) is 7.94. The molecule has 1 saturated heterocycles. The minimum atomic E-state index is -3.34. The molecule has 1 heterocycles. The first-order valence-electron chi connectivity index (χ1n) is 13.2. The van der Waals surface area contributed by atoms with E-state index in [0.717, 1.165) is 38.8 Å². The van der Waals surface area contributed by atoms with Crippen molar-refractivity contribution in [2.45, 2.75) is 54.5 Å². The summed E-state index contributed by atoms with van der Waals surface area (Å²) in [6.07, 6.45) is 5.27. The highest BCUT2D eigenvalue weighted by Gasteiger charge is 2.47. The molecular formula is C24H45Cl2N3O5S. The van der Waals surface area contributed by atoms with Crippen LogP contribution >= 0.6 is 23.2 Å². The van der Waals surface area contributed by atoms with Gasteiger partial charge in [-0.05, 0) is 69.2 Å². The van der Waals surface area contributed by atoms with Crippen LogP contribution in [0.5, 0.6) is 0 Å². The maximum Gasteiger partial charge on any atom is 0.214 e. The zero-order valence-corrected chi connectivity index (χ0v) is 23.4. The molecule has 5 atom stereocenters. The van der Waals surface area contributed by atoms with Crippen LogP contribution in [0.1, 0.15) is 38.5 Å². The fourth-order valence-electron chi connectivity index (χ4n) is 6.25. The molecule has 0 amide bonds. The highest BCUT2D eigenvalue weighted by Crippen LogP contribution is 2.48. The Labute approximate surface area is 221 Å². The lowest BCUT2D eigenvalue weighted by Crippen LogP contribution is -2.53. The molecule has 3 fully saturated rings. The van der Waals surface area contributed by atoms with Crippen LogP contribution < -0.4 is 10.5 Å². The Morgan fingerprint density at radius 2 is 1.46 bits per heavy atom. The van der Waals surface area contributed by atoms with Crippen LogP contribution in [0.25, 0.3) is 0 Å². The van der Waals surface area contributed by atoms with E-state index in [9.17, 15) is 8.42 Å². The summed E-state index contributed by atoms with van der Waals surface area (Å²) >= 11 is 13.3. The number of likely N-dealkylation sites (tertiary alicyclic amines) is 1. The van der Waals surface area contributed by atoms with Crippen molar-refractivity contribution in [3.63, 3.8) is 0 Å². The predicted octanol–water partition coefficient (Wildman–Crippen LogP) is 2.28. The summed E-state index contributed by atoms with van der Waals surface area (Å²) in [5.41, 5.74) is 5.34. The van der Waals surface area contributed by atoms with Crippen LogP contribution in [0, 0.1) is 23.7 Å². The van der Waals surface area contributed by atoms with Gasteiger partial charge in [0.15, 0.2) is 0 Å². The number of sulfonamides is 1. The van der Waals surface area contributed by atoms with Gasteiger partial charge in [0.2, 0.25) is 10.0 Å². The number of nitrogens with one attached hydrogen (secondary N) is 1. The van der Waals surface area contributed by atoms with Gasteiger partial charge in [0, 0.05) is 36.9 Å². The Morgan fingerprint density at radius 1 is 0.857 bits per heavy atom. The number of nitrogens with two attached hydrogens (primary N) is 1. The molecule has 2 saturated carbocycles. The van der Waals surface area contributed by atoms with Crippen LogP contribution in [-0.2, 0) is 24.2 Å². The van der Waals surface area contributed by atoms with Crippen molar-refractivity contribution in [1.82, 2.24) is 9.62 Å². The molecular weight excluding hydrogens is 513 g/mol. The van der Waals surface area contributed by atoms with E-state index in [0.29, 0.717) is 82.7 Å². The first-order valence-corrected chi connectivity index (χ1v) is 15.6. The van der Waals surface area contributed by atoms with Gasteiger partial charge in [-0.1, -0.05) is 0 Å². The lowest BCUT2D eigenvalue weighted by atomic mass is 9.63. The lowest BCUT2D eigenvalue weighted by Gasteiger charge is -2.51. The average Bonchev–Trinajstić information content (AvgIpc) is 2.83. The highest BCUT2D eigenvalue weighted by molar-refractivity contribution is 7.90. The van der Waals surface area contributed by atoms with Gasteiger partial charge >= 0.3 is 0 Å². The van der Waals surface area contributed by atoms with Crippen molar-refractivity contribution < 1.29 is 22.6 Å². The summed E-state index contributed by atoms with van der Waals surface area (Å²) in [6, 6.07) is 0. The standard InChI is InChI=1S/C24H45Cl2N3O5S/c1-29-16-22(21-14-19(25)15-24(26)23(21)17-29)18-2-4-20(5-3-18)35(30,31)28-7-9-33-11-13-34-12-10-32-8-6-27/h18-24,28H,2-17,27H2,1H3. The second-order valence-electron chi connectivity index (χ2n) is 10.4. The molecule has 206 valence electrons. The molecule has 0 aromatic carbocycles. The van der Waals surface area contributed by atoms with Crippen LogP contribution in [0.2, 0.25) is 0 Å². The third kappa shape index (κ3) is 9.21. The van der Waals surface area contributed by atoms with E-state index < -0.39 is 10.0 Å². The average molecular weight is 559 g/mol. The topological polar surface area (TPSA) is 103 Å². The molecule has 1 aliphatic heterocycles. The van der Waals surface area contributed by atoms with Gasteiger partial charge in [-0.3, -0.25) is 0 Å². The summed E-state index contributed by atoms with van der Waals surface area (Å²) in [5, 5.41) is -0.0122. The van der Waals surface area contributed by atoms with Gasteiger partial charge < -0.3 is 24.8 Å². The van der Waals surface area contributed by atoms with E-state index in [1.54, 1.807) is 0 Å². The molecule has 8 nitrogen and oxygen atoms in total. The summed E-state index contributed by atoms with van der Waals surface area (Å²) < 4.78 is 44.5. The fraction of sp³-hybridized carbons (Fsp3) is 1.00. The monoisotopic (exact) mass is 557 g/mol. The molecule has 11 heteroatoms. The number of nitrogens with zero attached hydrogens (tertiary/aromatic N) is 1. The van der Waals surface area contributed by atoms with Crippen molar-refractivity contribution in [2.24, 2.45) is 29.4 Å². The molecule has 3 N–H and O–H groups in total. The Kier molecular flexibility index (Phi) is 12.8. The Morgan fingerprint density at radius 3 is 2.11 bits per heavy atom. The van der Waals surface area contributed by atoms with Crippen molar-refractivity contribution in [3.05, 3.63) is 0 Å². The Balaban J connectivity index is 1.34. The van der Waals surface area contributed by atoms with Crippen molar-refractivity contribution in [3.8, 4) is 0 Å². The molecule has 5 unspecified atom stereocenters. The van der Waals surface area contributed by atoms with E-state index >= 15 is 0 Å². The van der Waals surface area contributed by atoms with E-state index in [4.69, 9.17) is 43.1 Å². The molecule has 0 radical (unpaired) electrons. The number of fused-ring (bicyclic) bond motifs is 1. The maximum absolute atomic E-state index is 12.8. The number of hydrogen-bond acceptors (Lipinski definition) is 7. The number of alkyl halides is 2. The summed E-state index contributed by atoms with van der Waals surface area (Å²) in [7, 11) is -1.15. The molecule has 0 bridgehead atoms. The van der Waals surface area contributed by atoms with Gasteiger partial charge in [0.1, 0.15) is 0 Å². The Bertz CT molecular complexity index is 711. The van der Waals surface area contributed by atoms with E-state index in [-0.39, 0.29) is 22.5 Å². The quantitative estimate of drug-likeness (QED) is 0.249. The number of piperidine rings is 1. The number of hydrogen-bond donors (Lipinski definition) is 2. The minimum Gasteiger partial charge on any atom is -0.378 e. The van der Waals surface area contributed by atoms with E-state index in [1.165, 1.54) is 0 Å². The molecule has 0 aromatic rings. The third-order valence-corrected chi connectivity index (χ3v) is 10.8. The fourth-order valence-corrected chi connectivity index (χ4v) is 8.72. The first-order chi connectivity index (χ1) is 16.8. The van der Waals surface area contributed by atoms with Crippen molar-refractivity contribution in [1.29, 1.82) is 0 Å². The smallest absolute Gasteiger partial charge is 0.214 e. The minimum absolute atomic E-state index is 0.145. The molecule has 35 heavy (non-hydrogen) atoms. The second-order valence-corrected chi connectivity index (χ2v) is 13.6. The van der Waals surface area contributed by atoms with Crippen LogP contribution in [-0.4, -0.2) is 102 Å². The normalized spacial score (nSPS) is 34.6. The highest BCUT2D eigenvalue weighted by atomic mass is 35.5.